The van der Waals surface area contributed by atoms with E-state index in [2.05, 4.69) is 10.4 Å². The number of aromatic nitrogens is 2. The summed E-state index contributed by atoms with van der Waals surface area (Å²) in [6.07, 6.45) is 1.63. The van der Waals surface area contributed by atoms with E-state index >= 15 is 0 Å². The van der Waals surface area contributed by atoms with Crippen LogP contribution in [-0.2, 0) is 4.79 Å². The fourth-order valence-electron chi connectivity index (χ4n) is 2.28. The van der Waals surface area contributed by atoms with Crippen LogP contribution in [0.5, 0.6) is 0 Å². The van der Waals surface area contributed by atoms with E-state index in [-0.39, 0.29) is 11.7 Å². The highest BCUT2D eigenvalue weighted by atomic mass is 35.5. The number of benzene rings is 1. The highest BCUT2D eigenvalue weighted by Crippen LogP contribution is 2.31. The number of aliphatic carboxylic acids is 1. The monoisotopic (exact) mass is 289 g/mol. The molecule has 0 fully saturated rings. The standard InChI is InChI=1S/C14H12ClN3O2/c1-8-5-13-16-11(14(19)20)7-12(18(13)17-8)9-3-2-4-10(15)6-9/h2-7,12,16H,1H3,(H,19,20). The molecule has 0 saturated heterocycles. The first-order valence-corrected chi connectivity index (χ1v) is 6.46. The highest BCUT2D eigenvalue weighted by molar-refractivity contribution is 6.30. The van der Waals surface area contributed by atoms with Crippen molar-refractivity contribution in [3.63, 3.8) is 0 Å². The van der Waals surface area contributed by atoms with Gasteiger partial charge in [0.1, 0.15) is 11.5 Å². The summed E-state index contributed by atoms with van der Waals surface area (Å²) in [5, 5.41) is 17.1. The number of fused-ring (bicyclic) bond motifs is 1. The molecule has 20 heavy (non-hydrogen) atoms. The van der Waals surface area contributed by atoms with Crippen molar-refractivity contribution in [2.24, 2.45) is 0 Å². The van der Waals surface area contributed by atoms with Crippen molar-refractivity contribution >= 4 is 23.4 Å². The molecular formula is C14H12ClN3O2. The number of anilines is 1. The Bertz CT molecular complexity index is 721. The molecule has 3 rings (SSSR count). The van der Waals surface area contributed by atoms with Crippen molar-refractivity contribution in [3.05, 3.63) is 58.4 Å². The quantitative estimate of drug-likeness (QED) is 0.892. The summed E-state index contributed by atoms with van der Waals surface area (Å²) in [6.45, 7) is 1.86. The minimum atomic E-state index is -0.998. The van der Waals surface area contributed by atoms with Gasteiger partial charge in [0.2, 0.25) is 0 Å². The minimum absolute atomic E-state index is 0.141. The van der Waals surface area contributed by atoms with Crippen LogP contribution in [0.4, 0.5) is 5.82 Å². The fraction of sp³-hybridized carbons (Fsp3) is 0.143. The second-order valence-electron chi connectivity index (χ2n) is 4.63. The van der Waals surface area contributed by atoms with Gasteiger partial charge in [0.05, 0.1) is 11.7 Å². The molecule has 1 aromatic heterocycles. The molecule has 0 amide bonds. The summed E-state index contributed by atoms with van der Waals surface area (Å²) in [4.78, 5) is 11.2. The number of hydrogen-bond acceptors (Lipinski definition) is 3. The number of nitrogens with one attached hydrogen (secondary N) is 1. The van der Waals surface area contributed by atoms with Crippen LogP contribution in [0.3, 0.4) is 0 Å². The Kier molecular flexibility index (Phi) is 2.99. The molecule has 0 radical (unpaired) electrons. The van der Waals surface area contributed by atoms with Crippen LogP contribution >= 0.6 is 11.6 Å². The van der Waals surface area contributed by atoms with E-state index in [0.29, 0.717) is 10.8 Å². The molecule has 102 valence electrons. The number of carboxylic acids is 1. The number of rotatable bonds is 2. The number of allylic oxidation sites excluding steroid dienone is 1. The smallest absolute Gasteiger partial charge is 0.352 e. The topological polar surface area (TPSA) is 67.2 Å². The van der Waals surface area contributed by atoms with E-state index in [4.69, 9.17) is 11.6 Å². The van der Waals surface area contributed by atoms with E-state index in [1.54, 1.807) is 16.8 Å². The van der Waals surface area contributed by atoms with Crippen molar-refractivity contribution in [3.8, 4) is 0 Å². The zero-order chi connectivity index (χ0) is 14.3. The molecule has 2 heterocycles. The predicted molar refractivity (Wildman–Crippen MR) is 75.9 cm³/mol. The molecule has 0 spiro atoms. The first-order chi connectivity index (χ1) is 9.54. The van der Waals surface area contributed by atoms with E-state index in [9.17, 15) is 9.90 Å². The van der Waals surface area contributed by atoms with E-state index in [1.165, 1.54) is 0 Å². The SMILES string of the molecule is Cc1cc2n(n1)C(c1cccc(Cl)c1)C=C(C(=O)O)N2. The Morgan fingerprint density at radius 2 is 2.25 bits per heavy atom. The van der Waals surface area contributed by atoms with Crippen molar-refractivity contribution < 1.29 is 9.90 Å². The first kappa shape index (κ1) is 12.7. The lowest BCUT2D eigenvalue weighted by atomic mass is 10.0. The summed E-state index contributed by atoms with van der Waals surface area (Å²) in [5.41, 5.74) is 1.85. The molecule has 1 aliphatic heterocycles. The lowest BCUT2D eigenvalue weighted by Gasteiger charge is -2.23. The van der Waals surface area contributed by atoms with Gasteiger partial charge in [-0.15, -0.1) is 0 Å². The number of halogens is 1. The number of carboxylic acid groups (broad SMARTS) is 1. The van der Waals surface area contributed by atoms with Gasteiger partial charge in [-0.3, -0.25) is 0 Å². The Morgan fingerprint density at radius 3 is 2.95 bits per heavy atom. The van der Waals surface area contributed by atoms with E-state index < -0.39 is 5.97 Å². The fourth-order valence-corrected chi connectivity index (χ4v) is 2.48. The molecule has 6 heteroatoms. The van der Waals surface area contributed by atoms with Gasteiger partial charge in [0, 0.05) is 11.1 Å². The lowest BCUT2D eigenvalue weighted by molar-refractivity contribution is -0.132. The summed E-state index contributed by atoms with van der Waals surface area (Å²) in [7, 11) is 0. The van der Waals surface area contributed by atoms with Gasteiger partial charge >= 0.3 is 5.97 Å². The third kappa shape index (κ3) is 2.16. The molecule has 0 aliphatic carbocycles. The Labute approximate surface area is 120 Å². The molecule has 2 N–H and O–H groups in total. The van der Waals surface area contributed by atoms with Crippen LogP contribution < -0.4 is 5.32 Å². The molecule has 5 nitrogen and oxygen atoms in total. The third-order valence-electron chi connectivity index (χ3n) is 3.13. The molecule has 0 saturated carbocycles. The van der Waals surface area contributed by atoms with Gasteiger partial charge in [0.25, 0.3) is 0 Å². The maximum Gasteiger partial charge on any atom is 0.352 e. The van der Waals surface area contributed by atoms with Crippen molar-refractivity contribution in [1.29, 1.82) is 0 Å². The van der Waals surface area contributed by atoms with Crippen LogP contribution in [-0.4, -0.2) is 20.9 Å². The van der Waals surface area contributed by atoms with Crippen LogP contribution in [0.1, 0.15) is 17.3 Å². The molecule has 1 aliphatic rings. The van der Waals surface area contributed by atoms with Crippen molar-refractivity contribution in [1.82, 2.24) is 9.78 Å². The molecule has 1 unspecified atom stereocenters. The lowest BCUT2D eigenvalue weighted by Crippen LogP contribution is -2.23. The van der Waals surface area contributed by atoms with Gasteiger partial charge in [0.15, 0.2) is 0 Å². The van der Waals surface area contributed by atoms with Crippen LogP contribution in [0.15, 0.2) is 42.1 Å². The summed E-state index contributed by atoms with van der Waals surface area (Å²) in [5.74, 6) is -0.338. The summed E-state index contributed by atoms with van der Waals surface area (Å²) in [6, 6.07) is 8.86. The van der Waals surface area contributed by atoms with Crippen LogP contribution in [0.25, 0.3) is 0 Å². The molecule has 1 aromatic carbocycles. The summed E-state index contributed by atoms with van der Waals surface area (Å²) >= 11 is 6.01. The van der Waals surface area contributed by atoms with Gasteiger partial charge < -0.3 is 10.4 Å². The van der Waals surface area contributed by atoms with Crippen LogP contribution in [0.2, 0.25) is 5.02 Å². The number of aryl methyl sites for hydroxylation is 1. The van der Waals surface area contributed by atoms with Gasteiger partial charge in [-0.1, -0.05) is 23.7 Å². The van der Waals surface area contributed by atoms with E-state index in [0.717, 1.165) is 11.3 Å². The second-order valence-corrected chi connectivity index (χ2v) is 5.06. The Balaban J connectivity index is 2.14. The average molecular weight is 290 g/mol. The average Bonchev–Trinajstić information content (AvgIpc) is 2.77. The van der Waals surface area contributed by atoms with Gasteiger partial charge in [-0.05, 0) is 30.7 Å². The molecule has 1 atom stereocenters. The molecule has 2 aromatic rings. The first-order valence-electron chi connectivity index (χ1n) is 6.08. The molecular weight excluding hydrogens is 278 g/mol. The van der Waals surface area contributed by atoms with Gasteiger partial charge in [-0.25, -0.2) is 9.48 Å². The maximum absolute atomic E-state index is 11.2. The zero-order valence-corrected chi connectivity index (χ0v) is 11.4. The largest absolute Gasteiger partial charge is 0.477 e. The maximum atomic E-state index is 11.2. The predicted octanol–water partition coefficient (Wildman–Crippen LogP) is 2.83. The Morgan fingerprint density at radius 1 is 1.45 bits per heavy atom. The van der Waals surface area contributed by atoms with Crippen molar-refractivity contribution in [2.45, 2.75) is 13.0 Å². The minimum Gasteiger partial charge on any atom is -0.477 e. The zero-order valence-electron chi connectivity index (χ0n) is 10.7. The second kappa shape index (κ2) is 4.68. The third-order valence-corrected chi connectivity index (χ3v) is 3.36. The Hall–Kier alpha value is -2.27. The van der Waals surface area contributed by atoms with Crippen LogP contribution in [0, 0.1) is 6.92 Å². The van der Waals surface area contributed by atoms with E-state index in [1.807, 2.05) is 31.2 Å². The highest BCUT2D eigenvalue weighted by Gasteiger charge is 2.25. The van der Waals surface area contributed by atoms with Gasteiger partial charge in [-0.2, -0.15) is 5.10 Å². The number of carbonyl (C=O) groups is 1. The normalized spacial score (nSPS) is 17.1. The summed E-state index contributed by atoms with van der Waals surface area (Å²) < 4.78 is 1.76. The number of hydrogen-bond donors (Lipinski definition) is 2. The molecule has 0 bridgehead atoms. The van der Waals surface area contributed by atoms with Crippen molar-refractivity contribution in [2.75, 3.05) is 5.32 Å². The number of nitrogens with zero attached hydrogens (tertiary/aromatic N) is 2.